The molecule has 0 saturated carbocycles. The van der Waals surface area contributed by atoms with Gasteiger partial charge in [-0.05, 0) is 16.9 Å². The fourth-order valence-electron chi connectivity index (χ4n) is 3.42. The molecule has 0 spiro atoms. The summed E-state index contributed by atoms with van der Waals surface area (Å²) in [5, 5.41) is 12.6. The number of benzene rings is 2. The van der Waals surface area contributed by atoms with Gasteiger partial charge in [0.25, 0.3) is 0 Å². The van der Waals surface area contributed by atoms with Gasteiger partial charge in [0.1, 0.15) is 11.7 Å². The van der Waals surface area contributed by atoms with Crippen LogP contribution in [0.15, 0.2) is 58.8 Å². The van der Waals surface area contributed by atoms with Gasteiger partial charge >= 0.3 is 5.97 Å². The molecule has 0 aliphatic heterocycles. The maximum atomic E-state index is 12.5. The predicted molar refractivity (Wildman–Crippen MR) is 101 cm³/mol. The molecular formula is C21H21NO4. The molecule has 0 fully saturated rings. The number of Topliss-reactive ketones (excluding diaryl/α,β-unsaturated/α-hetero) is 1. The van der Waals surface area contributed by atoms with Gasteiger partial charge in [0.2, 0.25) is 0 Å². The van der Waals surface area contributed by atoms with Crippen LogP contribution in [0.25, 0.3) is 10.8 Å². The molecule has 2 aromatic rings. The first-order chi connectivity index (χ1) is 12.3. The van der Waals surface area contributed by atoms with Crippen LogP contribution >= 0.6 is 0 Å². The third-order valence-corrected chi connectivity index (χ3v) is 4.78. The fourth-order valence-corrected chi connectivity index (χ4v) is 3.42. The number of carbonyl (C=O) groups excluding carboxylic acids is 2. The zero-order valence-electron chi connectivity index (χ0n) is 15.0. The number of ether oxygens (including phenoxy) is 1. The summed E-state index contributed by atoms with van der Waals surface area (Å²) < 4.78 is 4.81. The van der Waals surface area contributed by atoms with E-state index in [1.54, 1.807) is 13.8 Å². The minimum atomic E-state index is -0.890. The van der Waals surface area contributed by atoms with Gasteiger partial charge in [-0.25, -0.2) is 0 Å². The van der Waals surface area contributed by atoms with Gasteiger partial charge in [-0.15, -0.1) is 0 Å². The average molecular weight is 351 g/mol. The van der Waals surface area contributed by atoms with Crippen LogP contribution in [-0.4, -0.2) is 30.2 Å². The van der Waals surface area contributed by atoms with Crippen LogP contribution < -0.4 is 0 Å². The largest absolute Gasteiger partial charge is 0.511 e. The Labute approximate surface area is 152 Å². The van der Waals surface area contributed by atoms with Gasteiger partial charge < -0.3 is 9.84 Å². The lowest BCUT2D eigenvalue weighted by Gasteiger charge is -2.35. The summed E-state index contributed by atoms with van der Waals surface area (Å²) in [4.78, 5) is 29.0. The molecule has 5 heteroatoms. The number of carbonyl (C=O) groups is 2. The molecular weight excluding hydrogens is 330 g/mol. The zero-order chi connectivity index (χ0) is 18.9. The summed E-state index contributed by atoms with van der Waals surface area (Å²) >= 11 is 0. The third-order valence-electron chi connectivity index (χ3n) is 4.78. The second-order valence-corrected chi connectivity index (χ2v) is 7.10. The molecule has 0 saturated heterocycles. The van der Waals surface area contributed by atoms with E-state index in [-0.39, 0.29) is 23.5 Å². The molecule has 134 valence electrons. The molecule has 1 aliphatic rings. The number of esters is 1. The number of hydrogen-bond acceptors (Lipinski definition) is 5. The molecule has 0 bridgehead atoms. The topological polar surface area (TPSA) is 76.0 Å². The number of aliphatic imine (C=N–C) groups is 1. The number of aliphatic hydroxyl groups excluding tert-OH is 1. The number of fused-ring (bicyclic) bond motifs is 1. The monoisotopic (exact) mass is 351 g/mol. The number of allylic oxidation sites excluding steroid dienone is 1. The SMILES string of the molecule is COC(=O)[C@H]1C(O)=C(C=Nc2cccc3ccccc23)C(=O)CC1(C)C. The van der Waals surface area contributed by atoms with Gasteiger partial charge in [0.05, 0.1) is 18.4 Å². The van der Waals surface area contributed by atoms with Gasteiger partial charge in [-0.2, -0.15) is 0 Å². The summed E-state index contributed by atoms with van der Waals surface area (Å²) in [7, 11) is 1.27. The second kappa shape index (κ2) is 6.75. The minimum absolute atomic E-state index is 0.0626. The molecule has 2 aromatic carbocycles. The number of rotatable bonds is 3. The molecule has 3 rings (SSSR count). The van der Waals surface area contributed by atoms with Crippen molar-refractivity contribution < 1.29 is 19.4 Å². The minimum Gasteiger partial charge on any atom is -0.511 e. The Bertz CT molecular complexity index is 935. The van der Waals surface area contributed by atoms with Crippen LogP contribution in [0.2, 0.25) is 0 Å². The summed E-state index contributed by atoms with van der Waals surface area (Å²) in [6, 6.07) is 13.5. The van der Waals surface area contributed by atoms with Gasteiger partial charge in [-0.3, -0.25) is 14.6 Å². The Morgan fingerprint density at radius 3 is 2.65 bits per heavy atom. The summed E-state index contributed by atoms with van der Waals surface area (Å²) in [5.41, 5.74) is 0.0358. The van der Waals surface area contributed by atoms with Crippen molar-refractivity contribution >= 4 is 34.4 Å². The van der Waals surface area contributed by atoms with Crippen LogP contribution in [0, 0.1) is 11.3 Å². The van der Waals surface area contributed by atoms with Crippen LogP contribution in [0.5, 0.6) is 0 Å². The van der Waals surface area contributed by atoms with E-state index in [0.717, 1.165) is 10.8 Å². The number of methoxy groups -OCH3 is 1. The smallest absolute Gasteiger partial charge is 0.316 e. The molecule has 0 aromatic heterocycles. The molecule has 0 heterocycles. The highest BCUT2D eigenvalue weighted by Gasteiger charge is 2.46. The van der Waals surface area contributed by atoms with Crippen molar-refractivity contribution in [3.8, 4) is 0 Å². The maximum Gasteiger partial charge on any atom is 0.316 e. The molecule has 1 atom stereocenters. The van der Waals surface area contributed by atoms with Gasteiger partial charge in [0.15, 0.2) is 5.78 Å². The first kappa shape index (κ1) is 17.9. The molecule has 1 N–H and O–H groups in total. The molecule has 1 aliphatic carbocycles. The first-order valence-corrected chi connectivity index (χ1v) is 8.41. The van der Waals surface area contributed by atoms with Crippen molar-refractivity contribution in [3.05, 3.63) is 53.8 Å². The van der Waals surface area contributed by atoms with Crippen molar-refractivity contribution in [1.82, 2.24) is 0 Å². The Kier molecular flexibility index (Phi) is 4.64. The van der Waals surface area contributed by atoms with Crippen LogP contribution in [0.1, 0.15) is 20.3 Å². The van der Waals surface area contributed by atoms with Crippen LogP contribution in [-0.2, 0) is 14.3 Å². The predicted octanol–water partition coefficient (Wildman–Crippen LogP) is 4.14. The van der Waals surface area contributed by atoms with Crippen molar-refractivity contribution in [2.45, 2.75) is 20.3 Å². The molecule has 5 nitrogen and oxygen atoms in total. The normalized spacial score (nSPS) is 20.0. The van der Waals surface area contributed by atoms with E-state index in [4.69, 9.17) is 4.74 Å². The van der Waals surface area contributed by atoms with E-state index >= 15 is 0 Å². The number of nitrogens with zero attached hydrogens (tertiary/aromatic N) is 1. The maximum absolute atomic E-state index is 12.5. The number of hydrogen-bond donors (Lipinski definition) is 1. The Morgan fingerprint density at radius 2 is 1.92 bits per heavy atom. The van der Waals surface area contributed by atoms with E-state index in [9.17, 15) is 14.7 Å². The molecule has 0 unspecified atom stereocenters. The van der Waals surface area contributed by atoms with Crippen molar-refractivity contribution in [3.63, 3.8) is 0 Å². The van der Waals surface area contributed by atoms with Crippen molar-refractivity contribution in [1.29, 1.82) is 0 Å². The van der Waals surface area contributed by atoms with E-state index in [1.807, 2.05) is 42.5 Å². The third kappa shape index (κ3) is 3.12. The summed E-state index contributed by atoms with van der Waals surface area (Å²) in [6.07, 6.45) is 1.48. The Morgan fingerprint density at radius 1 is 1.23 bits per heavy atom. The lowest BCUT2D eigenvalue weighted by molar-refractivity contribution is -0.150. The molecule has 26 heavy (non-hydrogen) atoms. The van der Waals surface area contributed by atoms with Crippen LogP contribution in [0.4, 0.5) is 5.69 Å². The van der Waals surface area contributed by atoms with E-state index in [1.165, 1.54) is 13.3 Å². The molecule has 0 radical (unpaired) electrons. The Hall–Kier alpha value is -2.95. The zero-order valence-corrected chi connectivity index (χ0v) is 15.0. The van der Waals surface area contributed by atoms with E-state index < -0.39 is 17.3 Å². The quantitative estimate of drug-likeness (QED) is 0.666. The number of aliphatic hydroxyl groups is 1. The highest BCUT2D eigenvalue weighted by atomic mass is 16.5. The second-order valence-electron chi connectivity index (χ2n) is 7.10. The average Bonchev–Trinajstić information content (AvgIpc) is 2.60. The summed E-state index contributed by atoms with van der Waals surface area (Å²) in [6.45, 7) is 3.53. The van der Waals surface area contributed by atoms with E-state index in [2.05, 4.69) is 4.99 Å². The lowest BCUT2D eigenvalue weighted by atomic mass is 9.68. The van der Waals surface area contributed by atoms with Gasteiger partial charge in [-0.1, -0.05) is 50.2 Å². The standard InChI is InChI=1S/C21H21NO4/c1-21(2)11-17(23)15(19(24)18(21)20(25)26-3)12-22-16-10-6-8-13-7-4-5-9-14(13)16/h4-10,12,18,24H,11H2,1-3H3/t18-/m1/s1. The highest BCUT2D eigenvalue weighted by molar-refractivity contribution is 6.16. The molecule has 0 amide bonds. The Balaban J connectivity index is 2.05. The van der Waals surface area contributed by atoms with Crippen LogP contribution in [0.3, 0.4) is 0 Å². The number of ketones is 1. The van der Waals surface area contributed by atoms with Crippen molar-refractivity contribution in [2.75, 3.05) is 7.11 Å². The van der Waals surface area contributed by atoms with E-state index in [0.29, 0.717) is 5.69 Å². The lowest BCUT2D eigenvalue weighted by Crippen LogP contribution is -2.40. The summed E-state index contributed by atoms with van der Waals surface area (Å²) in [5.74, 6) is -1.96. The highest BCUT2D eigenvalue weighted by Crippen LogP contribution is 2.41. The van der Waals surface area contributed by atoms with Crippen molar-refractivity contribution in [2.24, 2.45) is 16.3 Å². The fraction of sp³-hybridized carbons (Fsp3) is 0.286. The van der Waals surface area contributed by atoms with Gasteiger partial charge in [0, 0.05) is 18.0 Å². The first-order valence-electron chi connectivity index (χ1n) is 8.41.